The average Bonchev–Trinajstić information content (AvgIpc) is 2.56. The first kappa shape index (κ1) is 17.6. The number of halogens is 1. The van der Waals surface area contributed by atoms with Crippen molar-refractivity contribution in [1.29, 1.82) is 0 Å². The minimum atomic E-state index is -1.87. The van der Waals surface area contributed by atoms with E-state index in [0.29, 0.717) is 0 Å². The van der Waals surface area contributed by atoms with Crippen LogP contribution in [0.5, 0.6) is 0 Å². The van der Waals surface area contributed by atoms with Gasteiger partial charge in [-0.05, 0) is 11.6 Å². The smallest absolute Gasteiger partial charge is 0.328 e. The highest BCUT2D eigenvalue weighted by Crippen LogP contribution is 2.14. The van der Waals surface area contributed by atoms with Gasteiger partial charge < -0.3 is 9.64 Å². The number of nitrogens with zero attached hydrogens (tertiary/aromatic N) is 1. The maximum Gasteiger partial charge on any atom is 0.328 e. The van der Waals surface area contributed by atoms with Gasteiger partial charge in [-0.2, -0.15) is 0 Å². The number of rotatable bonds is 8. The fraction of sp³-hybridized carbons (Fsp3) is 0.294. The summed E-state index contributed by atoms with van der Waals surface area (Å²) >= 11 is 0. The Morgan fingerprint density at radius 3 is 2.45 bits per heavy atom. The third-order valence-corrected chi connectivity index (χ3v) is 3.17. The predicted octanol–water partition coefficient (Wildman–Crippen LogP) is 2.31. The van der Waals surface area contributed by atoms with E-state index in [1.165, 1.54) is 13.2 Å². The summed E-state index contributed by atoms with van der Waals surface area (Å²) in [6, 6.07) is 8.23. The van der Waals surface area contributed by atoms with Crippen molar-refractivity contribution in [3.8, 4) is 0 Å². The number of carbonyl (C=O) groups is 2. The van der Waals surface area contributed by atoms with Crippen molar-refractivity contribution in [1.82, 2.24) is 4.90 Å². The van der Waals surface area contributed by atoms with Gasteiger partial charge in [0.1, 0.15) is 6.04 Å². The number of hydrogen-bond donors (Lipinski definition) is 0. The third-order valence-electron chi connectivity index (χ3n) is 3.17. The summed E-state index contributed by atoms with van der Waals surface area (Å²) in [4.78, 5) is 25.3. The van der Waals surface area contributed by atoms with Crippen LogP contribution in [0.1, 0.15) is 5.56 Å². The Morgan fingerprint density at radius 1 is 1.32 bits per heavy atom. The summed E-state index contributed by atoms with van der Waals surface area (Å²) in [5.74, 6) is -1.43. The molecular formula is C17H20FNO3. The van der Waals surface area contributed by atoms with Gasteiger partial charge in [-0.3, -0.25) is 4.79 Å². The molecular weight excluding hydrogens is 285 g/mol. The average molecular weight is 305 g/mol. The zero-order valence-electron chi connectivity index (χ0n) is 12.6. The predicted molar refractivity (Wildman–Crippen MR) is 83.0 cm³/mol. The van der Waals surface area contributed by atoms with Crippen LogP contribution in [0.3, 0.4) is 0 Å². The molecule has 118 valence electrons. The maximum absolute atomic E-state index is 13.7. The molecule has 1 unspecified atom stereocenters. The number of methoxy groups -OCH3 is 1. The van der Waals surface area contributed by atoms with Crippen LogP contribution in [-0.2, 0) is 20.7 Å². The van der Waals surface area contributed by atoms with E-state index in [4.69, 9.17) is 4.74 Å². The standard InChI is InChI=1S/C17H20FNO3/c1-4-11-19(16(20)14(18)5-2)15(17(21)22-3)12-13-9-7-6-8-10-13/h4-10,14-15H,1-2,11-12H2,3H3/t14?,15-/m0/s1. The molecule has 0 aromatic heterocycles. The van der Waals surface area contributed by atoms with Gasteiger partial charge in [0, 0.05) is 13.0 Å². The molecule has 0 N–H and O–H groups in total. The summed E-state index contributed by atoms with van der Waals surface area (Å²) in [5.41, 5.74) is 0.841. The van der Waals surface area contributed by atoms with Gasteiger partial charge in [-0.15, -0.1) is 6.58 Å². The van der Waals surface area contributed by atoms with Crippen molar-refractivity contribution in [2.45, 2.75) is 18.6 Å². The lowest BCUT2D eigenvalue weighted by atomic mass is 10.0. The molecule has 0 aliphatic carbocycles. The lowest BCUT2D eigenvalue weighted by Crippen LogP contribution is -2.49. The second kappa shape index (κ2) is 8.77. The van der Waals surface area contributed by atoms with Gasteiger partial charge in [0.25, 0.3) is 5.91 Å². The van der Waals surface area contributed by atoms with Crippen molar-refractivity contribution >= 4 is 11.9 Å². The van der Waals surface area contributed by atoms with E-state index in [-0.39, 0.29) is 13.0 Å². The molecule has 0 spiro atoms. The number of carbonyl (C=O) groups excluding carboxylic acids is 2. The van der Waals surface area contributed by atoms with Gasteiger partial charge in [-0.1, -0.05) is 43.0 Å². The fourth-order valence-corrected chi connectivity index (χ4v) is 2.06. The van der Waals surface area contributed by atoms with Gasteiger partial charge in [0.15, 0.2) is 6.17 Å². The number of alkyl halides is 1. The Hall–Kier alpha value is -2.43. The Labute approximate surface area is 129 Å². The molecule has 0 fully saturated rings. The van der Waals surface area contributed by atoms with Crippen LogP contribution >= 0.6 is 0 Å². The summed E-state index contributed by atoms with van der Waals surface area (Å²) in [7, 11) is 1.23. The summed E-state index contributed by atoms with van der Waals surface area (Å²) < 4.78 is 18.4. The quantitative estimate of drug-likeness (QED) is 0.547. The minimum absolute atomic E-state index is 0.0414. The molecule has 1 rings (SSSR count). The largest absolute Gasteiger partial charge is 0.467 e. The fourth-order valence-electron chi connectivity index (χ4n) is 2.06. The highest BCUT2D eigenvalue weighted by molar-refractivity contribution is 5.88. The van der Waals surface area contributed by atoms with Crippen molar-refractivity contribution in [3.63, 3.8) is 0 Å². The Balaban J connectivity index is 3.09. The molecule has 1 amide bonds. The highest BCUT2D eigenvalue weighted by atomic mass is 19.1. The van der Waals surface area contributed by atoms with Crippen molar-refractivity contribution in [2.75, 3.05) is 13.7 Å². The van der Waals surface area contributed by atoms with Crippen LogP contribution in [0.15, 0.2) is 55.6 Å². The highest BCUT2D eigenvalue weighted by Gasteiger charge is 2.33. The van der Waals surface area contributed by atoms with Crippen LogP contribution in [0.2, 0.25) is 0 Å². The van der Waals surface area contributed by atoms with E-state index in [9.17, 15) is 14.0 Å². The Bertz CT molecular complexity index is 530. The molecule has 0 heterocycles. The maximum atomic E-state index is 13.7. The Kier molecular flexibility index (Phi) is 7.02. The number of hydrogen-bond acceptors (Lipinski definition) is 3. The SMILES string of the molecule is C=CCN(C(=O)C(F)C=C)[C@@H](Cc1ccccc1)C(=O)OC. The minimum Gasteiger partial charge on any atom is -0.467 e. The summed E-state index contributed by atoms with van der Waals surface area (Å²) in [5, 5.41) is 0. The van der Waals surface area contributed by atoms with Crippen LogP contribution in [0.25, 0.3) is 0 Å². The molecule has 4 nitrogen and oxygen atoms in total. The summed E-state index contributed by atoms with van der Waals surface area (Å²) in [6.07, 6.45) is 0.698. The first-order valence-corrected chi connectivity index (χ1v) is 6.84. The van der Waals surface area contributed by atoms with Crippen LogP contribution in [-0.4, -0.2) is 42.6 Å². The van der Waals surface area contributed by atoms with Gasteiger partial charge in [0.2, 0.25) is 0 Å². The van der Waals surface area contributed by atoms with Crippen LogP contribution < -0.4 is 0 Å². The third kappa shape index (κ3) is 4.55. The molecule has 0 saturated heterocycles. The monoisotopic (exact) mass is 305 g/mol. The zero-order chi connectivity index (χ0) is 16.5. The molecule has 0 bridgehead atoms. The normalized spacial score (nSPS) is 12.8. The number of ether oxygens (including phenoxy) is 1. The van der Waals surface area contributed by atoms with Gasteiger partial charge in [0.05, 0.1) is 7.11 Å². The molecule has 2 atom stereocenters. The molecule has 0 aliphatic heterocycles. The van der Waals surface area contributed by atoms with Crippen LogP contribution in [0.4, 0.5) is 4.39 Å². The number of esters is 1. The van der Waals surface area contributed by atoms with E-state index in [1.807, 2.05) is 30.3 Å². The van der Waals surface area contributed by atoms with E-state index >= 15 is 0 Å². The van der Waals surface area contributed by atoms with Crippen molar-refractivity contribution in [2.24, 2.45) is 0 Å². The van der Waals surface area contributed by atoms with Gasteiger partial charge >= 0.3 is 5.97 Å². The molecule has 1 aromatic rings. The second-order valence-corrected chi connectivity index (χ2v) is 4.65. The molecule has 0 radical (unpaired) electrons. The number of benzene rings is 1. The molecule has 1 aromatic carbocycles. The van der Waals surface area contributed by atoms with Crippen molar-refractivity contribution in [3.05, 3.63) is 61.2 Å². The van der Waals surface area contributed by atoms with Gasteiger partial charge in [-0.25, -0.2) is 9.18 Å². The lowest BCUT2D eigenvalue weighted by molar-refractivity contribution is -0.153. The second-order valence-electron chi connectivity index (χ2n) is 4.65. The topological polar surface area (TPSA) is 46.6 Å². The lowest BCUT2D eigenvalue weighted by Gasteiger charge is -2.29. The summed E-state index contributed by atoms with van der Waals surface area (Å²) in [6.45, 7) is 6.86. The molecule has 22 heavy (non-hydrogen) atoms. The van der Waals surface area contributed by atoms with Crippen molar-refractivity contribution < 1.29 is 18.7 Å². The van der Waals surface area contributed by atoms with E-state index in [1.54, 1.807) is 0 Å². The zero-order valence-corrected chi connectivity index (χ0v) is 12.6. The van der Waals surface area contributed by atoms with E-state index in [0.717, 1.165) is 16.5 Å². The molecule has 0 saturated carbocycles. The number of amides is 1. The Morgan fingerprint density at radius 2 is 1.95 bits per heavy atom. The molecule has 0 aliphatic rings. The van der Waals surface area contributed by atoms with Crippen LogP contribution in [0, 0.1) is 0 Å². The molecule has 5 heteroatoms. The first-order chi connectivity index (χ1) is 10.5. The first-order valence-electron chi connectivity index (χ1n) is 6.84. The van der Waals surface area contributed by atoms with E-state index < -0.39 is 24.1 Å². The van der Waals surface area contributed by atoms with E-state index in [2.05, 4.69) is 13.2 Å².